The van der Waals surface area contributed by atoms with Crippen LogP contribution in [0, 0.1) is 13.8 Å². The topological polar surface area (TPSA) is 111 Å². The van der Waals surface area contributed by atoms with Gasteiger partial charge in [0, 0.05) is 23.9 Å². The molecule has 0 aliphatic rings. The minimum Gasteiger partial charge on any atom is -0.493 e. The number of aromatic nitrogens is 4. The van der Waals surface area contributed by atoms with E-state index in [2.05, 4.69) is 15.3 Å². The second-order valence-corrected chi connectivity index (χ2v) is 6.53. The van der Waals surface area contributed by atoms with Crippen LogP contribution in [0.5, 0.6) is 17.2 Å². The van der Waals surface area contributed by atoms with Gasteiger partial charge in [0.25, 0.3) is 5.89 Å². The highest BCUT2D eigenvalue weighted by Crippen LogP contribution is 2.40. The average molecular weight is 416 g/mol. The minimum absolute atomic E-state index is 0.124. The third kappa shape index (κ3) is 4.22. The maximum Gasteiger partial charge on any atom is 0.310 e. The van der Waals surface area contributed by atoms with Gasteiger partial charge in [-0.25, -0.2) is 0 Å². The summed E-state index contributed by atoms with van der Waals surface area (Å²) in [6, 6.07) is 3.39. The number of methoxy groups -OCH3 is 3. The zero-order valence-electron chi connectivity index (χ0n) is 17.8. The first-order valence-corrected chi connectivity index (χ1v) is 9.15. The number of aryl methyl sites for hydroxylation is 2. The fraction of sp³-hybridized carbons (Fsp3) is 0.400. The molecular formula is C20H24N4O6. The molecule has 0 radical (unpaired) electrons. The molecule has 30 heavy (non-hydrogen) atoms. The van der Waals surface area contributed by atoms with Crippen LogP contribution in [0.4, 0.5) is 0 Å². The Morgan fingerprint density at radius 3 is 2.27 bits per heavy atom. The first kappa shape index (κ1) is 21.2. The molecule has 3 aromatic rings. The molecule has 0 unspecified atom stereocenters. The lowest BCUT2D eigenvalue weighted by Crippen LogP contribution is -2.09. The molecule has 10 nitrogen and oxygen atoms in total. The quantitative estimate of drug-likeness (QED) is 0.511. The van der Waals surface area contributed by atoms with E-state index in [-0.39, 0.29) is 24.8 Å². The third-order valence-electron chi connectivity index (χ3n) is 4.72. The van der Waals surface area contributed by atoms with E-state index in [0.29, 0.717) is 22.8 Å². The van der Waals surface area contributed by atoms with Crippen molar-refractivity contribution in [2.24, 2.45) is 7.05 Å². The summed E-state index contributed by atoms with van der Waals surface area (Å²) in [6.07, 6.45) is 0.124. The third-order valence-corrected chi connectivity index (χ3v) is 4.72. The highest BCUT2D eigenvalue weighted by Gasteiger charge is 2.19. The Kier molecular flexibility index (Phi) is 6.24. The zero-order chi connectivity index (χ0) is 21.8. The summed E-state index contributed by atoms with van der Waals surface area (Å²) in [5.41, 5.74) is 3.16. The van der Waals surface area contributed by atoms with Crippen LogP contribution in [0.1, 0.15) is 22.8 Å². The second kappa shape index (κ2) is 8.85. The summed E-state index contributed by atoms with van der Waals surface area (Å²) in [5.74, 6) is 1.38. The fourth-order valence-corrected chi connectivity index (χ4v) is 3.04. The Labute approximate surface area is 173 Å². The number of carbonyl (C=O) groups is 1. The summed E-state index contributed by atoms with van der Waals surface area (Å²) >= 11 is 0. The van der Waals surface area contributed by atoms with Gasteiger partial charge >= 0.3 is 5.97 Å². The van der Waals surface area contributed by atoms with Crippen molar-refractivity contribution in [3.05, 3.63) is 35.0 Å². The molecule has 0 aliphatic carbocycles. The van der Waals surface area contributed by atoms with E-state index in [9.17, 15) is 4.79 Å². The van der Waals surface area contributed by atoms with Crippen molar-refractivity contribution in [1.29, 1.82) is 0 Å². The van der Waals surface area contributed by atoms with E-state index in [4.69, 9.17) is 23.4 Å². The van der Waals surface area contributed by atoms with Crippen LogP contribution in [-0.4, -0.2) is 47.3 Å². The molecule has 160 valence electrons. The average Bonchev–Trinajstić information content (AvgIpc) is 3.31. The molecule has 0 saturated heterocycles. The highest BCUT2D eigenvalue weighted by molar-refractivity contribution is 5.73. The van der Waals surface area contributed by atoms with Gasteiger partial charge in [-0.05, 0) is 26.0 Å². The van der Waals surface area contributed by atoms with Crippen molar-refractivity contribution in [1.82, 2.24) is 20.0 Å². The van der Waals surface area contributed by atoms with E-state index < -0.39 is 5.97 Å². The van der Waals surface area contributed by atoms with Gasteiger partial charge in [0.1, 0.15) is 0 Å². The van der Waals surface area contributed by atoms with Crippen molar-refractivity contribution in [2.45, 2.75) is 26.9 Å². The number of esters is 1. The molecule has 0 N–H and O–H groups in total. The molecule has 0 aliphatic heterocycles. The van der Waals surface area contributed by atoms with Crippen LogP contribution in [-0.2, 0) is 29.6 Å². The van der Waals surface area contributed by atoms with Gasteiger partial charge in [0.2, 0.25) is 11.6 Å². The monoisotopic (exact) mass is 416 g/mol. The molecule has 0 spiro atoms. The zero-order valence-corrected chi connectivity index (χ0v) is 17.8. The van der Waals surface area contributed by atoms with Crippen molar-refractivity contribution in [3.63, 3.8) is 0 Å². The van der Waals surface area contributed by atoms with Crippen LogP contribution in [0.3, 0.4) is 0 Å². The highest BCUT2D eigenvalue weighted by atomic mass is 16.5. The maximum absolute atomic E-state index is 12.2. The lowest BCUT2D eigenvalue weighted by Gasteiger charge is -2.12. The van der Waals surface area contributed by atoms with Crippen LogP contribution in [0.2, 0.25) is 0 Å². The molecule has 0 saturated carbocycles. The van der Waals surface area contributed by atoms with E-state index >= 15 is 0 Å². The van der Waals surface area contributed by atoms with E-state index in [1.54, 1.807) is 16.8 Å². The van der Waals surface area contributed by atoms with Crippen LogP contribution in [0.15, 0.2) is 16.5 Å². The van der Waals surface area contributed by atoms with Crippen molar-refractivity contribution in [3.8, 4) is 28.7 Å². The van der Waals surface area contributed by atoms with Crippen molar-refractivity contribution >= 4 is 5.97 Å². The molecule has 0 amide bonds. The number of benzene rings is 1. The molecule has 0 bridgehead atoms. The fourth-order valence-electron chi connectivity index (χ4n) is 3.04. The molecule has 3 rings (SSSR count). The summed E-state index contributed by atoms with van der Waals surface area (Å²) < 4.78 is 28.6. The first-order chi connectivity index (χ1) is 14.4. The second-order valence-electron chi connectivity index (χ2n) is 6.53. The van der Waals surface area contributed by atoms with Gasteiger partial charge in [-0.15, -0.1) is 10.2 Å². The van der Waals surface area contributed by atoms with Gasteiger partial charge in [-0.2, -0.15) is 5.10 Å². The number of rotatable bonds is 8. The number of nitrogens with zero attached hydrogens (tertiary/aromatic N) is 4. The predicted octanol–water partition coefficient (Wildman–Crippen LogP) is 2.40. The van der Waals surface area contributed by atoms with Crippen LogP contribution >= 0.6 is 0 Å². The van der Waals surface area contributed by atoms with E-state index in [0.717, 1.165) is 17.0 Å². The summed E-state index contributed by atoms with van der Waals surface area (Å²) in [4.78, 5) is 12.2. The van der Waals surface area contributed by atoms with Gasteiger partial charge in [0.15, 0.2) is 18.1 Å². The number of ether oxygens (including phenoxy) is 4. The van der Waals surface area contributed by atoms with Gasteiger partial charge in [-0.3, -0.25) is 9.48 Å². The van der Waals surface area contributed by atoms with Gasteiger partial charge in [-0.1, -0.05) is 0 Å². The maximum atomic E-state index is 12.2. The van der Waals surface area contributed by atoms with Crippen molar-refractivity contribution in [2.75, 3.05) is 21.3 Å². The Balaban J connectivity index is 1.70. The SMILES string of the molecule is COc1cc(-c2nnc(COC(=O)Cc3c(C)nn(C)c3C)o2)cc(OC)c1OC. The molecule has 10 heteroatoms. The van der Waals surface area contributed by atoms with Crippen molar-refractivity contribution < 1.29 is 28.2 Å². The van der Waals surface area contributed by atoms with Gasteiger partial charge in [0.05, 0.1) is 33.4 Å². The minimum atomic E-state index is -0.401. The van der Waals surface area contributed by atoms with E-state index in [1.807, 2.05) is 20.9 Å². The Bertz CT molecular complexity index is 1030. The largest absolute Gasteiger partial charge is 0.493 e. The summed E-state index contributed by atoms with van der Waals surface area (Å²) in [6.45, 7) is 3.64. The normalized spacial score (nSPS) is 10.7. The van der Waals surface area contributed by atoms with Crippen LogP contribution in [0.25, 0.3) is 11.5 Å². The molecular weight excluding hydrogens is 392 g/mol. The first-order valence-electron chi connectivity index (χ1n) is 9.15. The molecule has 1 aromatic carbocycles. The number of hydrogen-bond acceptors (Lipinski definition) is 9. The Morgan fingerprint density at radius 2 is 1.73 bits per heavy atom. The number of carbonyl (C=O) groups excluding carboxylic acids is 1. The van der Waals surface area contributed by atoms with E-state index in [1.165, 1.54) is 21.3 Å². The Morgan fingerprint density at radius 1 is 1.07 bits per heavy atom. The van der Waals surface area contributed by atoms with Gasteiger partial charge < -0.3 is 23.4 Å². The standard InChI is InChI=1S/C20H24N4O6/c1-11-14(12(2)24(3)23-11)9-18(25)29-10-17-21-22-20(30-17)13-7-15(26-4)19(28-6)16(8-13)27-5/h7-8H,9-10H2,1-6H3. The lowest BCUT2D eigenvalue weighted by molar-refractivity contribution is -0.144. The summed E-state index contributed by atoms with van der Waals surface area (Å²) in [5, 5.41) is 12.3. The smallest absolute Gasteiger partial charge is 0.310 e. The summed E-state index contributed by atoms with van der Waals surface area (Å²) in [7, 11) is 6.39. The molecule has 2 aromatic heterocycles. The molecule has 2 heterocycles. The number of hydrogen-bond donors (Lipinski definition) is 0. The lowest BCUT2D eigenvalue weighted by atomic mass is 10.1. The predicted molar refractivity (Wildman–Crippen MR) is 106 cm³/mol. The Hall–Kier alpha value is -3.56. The molecule has 0 fully saturated rings. The molecule has 0 atom stereocenters. The van der Waals surface area contributed by atoms with Crippen LogP contribution < -0.4 is 14.2 Å².